The molecule has 1 amide bonds. The number of nitrogens with one attached hydrogen (secondary N) is 1. The van der Waals surface area contributed by atoms with Crippen molar-refractivity contribution in [2.24, 2.45) is 0 Å². The second-order valence-electron chi connectivity index (χ2n) is 6.28. The first-order valence-electron chi connectivity index (χ1n) is 8.79. The molecule has 0 heterocycles. The van der Waals surface area contributed by atoms with Crippen LogP contribution in [0.5, 0.6) is 0 Å². The van der Waals surface area contributed by atoms with Gasteiger partial charge in [0.1, 0.15) is 6.29 Å². The predicted octanol–water partition coefficient (Wildman–Crippen LogP) is 3.68. The Morgan fingerprint density at radius 2 is 1.74 bits per heavy atom. The van der Waals surface area contributed by atoms with E-state index in [1.165, 1.54) is 0 Å². The maximum absolute atomic E-state index is 12.2. The molecule has 0 aliphatic heterocycles. The van der Waals surface area contributed by atoms with Crippen LogP contribution in [0.3, 0.4) is 0 Å². The number of carboxylic acid groups (broad SMARTS) is 1. The molecular weight excluding hydrogens is 366 g/mol. The number of halogens is 1. The average Bonchev–Trinajstić information content (AvgIpc) is 2.64. The van der Waals surface area contributed by atoms with Crippen LogP contribution in [-0.4, -0.2) is 29.3 Å². The van der Waals surface area contributed by atoms with Crippen molar-refractivity contribution < 1.29 is 19.5 Å². The van der Waals surface area contributed by atoms with Crippen molar-refractivity contribution in [3.8, 4) is 0 Å². The van der Waals surface area contributed by atoms with E-state index in [0.29, 0.717) is 29.8 Å². The third kappa shape index (κ3) is 6.53. The van der Waals surface area contributed by atoms with Crippen molar-refractivity contribution >= 4 is 29.8 Å². The number of aldehydes is 1. The monoisotopic (exact) mass is 387 g/mol. The number of amides is 1. The van der Waals surface area contributed by atoms with Crippen LogP contribution in [0.4, 0.5) is 0 Å². The van der Waals surface area contributed by atoms with Crippen LogP contribution in [-0.2, 0) is 22.4 Å². The summed E-state index contributed by atoms with van der Waals surface area (Å²) in [6.45, 7) is 0. The van der Waals surface area contributed by atoms with E-state index < -0.39 is 5.97 Å². The van der Waals surface area contributed by atoms with Crippen molar-refractivity contribution in [2.45, 2.75) is 38.1 Å². The van der Waals surface area contributed by atoms with Gasteiger partial charge in [-0.05, 0) is 42.5 Å². The minimum atomic E-state index is -0.971. The standard InChI is InChI=1S/C21H22ClNO4/c22-19-10-4-2-7-16(19)14-17(12-13-24)23-20(25)11-5-8-15-6-1-3-9-18(15)21(26)27/h1-4,6-7,9-10,13,17H,5,8,11-12,14H2,(H,23,25)(H,26,27)/t17-/m0/s1. The molecule has 142 valence electrons. The van der Waals surface area contributed by atoms with Crippen LogP contribution < -0.4 is 5.32 Å². The van der Waals surface area contributed by atoms with E-state index in [0.717, 1.165) is 11.8 Å². The number of carbonyl (C=O) groups excluding carboxylic acids is 2. The lowest BCUT2D eigenvalue weighted by Gasteiger charge is -2.17. The highest BCUT2D eigenvalue weighted by Crippen LogP contribution is 2.17. The average molecular weight is 388 g/mol. The second-order valence-corrected chi connectivity index (χ2v) is 6.69. The Bertz CT molecular complexity index is 806. The Kier molecular flexibility index (Phi) is 8.01. The molecule has 27 heavy (non-hydrogen) atoms. The molecule has 0 radical (unpaired) electrons. The van der Waals surface area contributed by atoms with E-state index in [2.05, 4.69) is 5.32 Å². The highest BCUT2D eigenvalue weighted by molar-refractivity contribution is 6.31. The van der Waals surface area contributed by atoms with Gasteiger partial charge in [-0.3, -0.25) is 4.79 Å². The number of hydrogen-bond donors (Lipinski definition) is 2. The maximum Gasteiger partial charge on any atom is 0.335 e. The first kappa shape index (κ1) is 20.6. The molecule has 2 aromatic rings. The van der Waals surface area contributed by atoms with Gasteiger partial charge in [-0.2, -0.15) is 0 Å². The van der Waals surface area contributed by atoms with Crippen LogP contribution in [0.25, 0.3) is 0 Å². The number of rotatable bonds is 10. The molecule has 0 aliphatic carbocycles. The number of aryl methyl sites for hydroxylation is 1. The Hall–Kier alpha value is -2.66. The smallest absolute Gasteiger partial charge is 0.335 e. The lowest BCUT2D eigenvalue weighted by Crippen LogP contribution is -2.36. The molecule has 0 unspecified atom stereocenters. The van der Waals surface area contributed by atoms with Crippen LogP contribution in [0.15, 0.2) is 48.5 Å². The van der Waals surface area contributed by atoms with E-state index in [9.17, 15) is 19.5 Å². The van der Waals surface area contributed by atoms with Crippen LogP contribution in [0.2, 0.25) is 5.02 Å². The van der Waals surface area contributed by atoms with Crippen LogP contribution in [0, 0.1) is 0 Å². The molecular formula is C21H22ClNO4. The zero-order chi connectivity index (χ0) is 19.6. The van der Waals surface area contributed by atoms with Gasteiger partial charge in [-0.15, -0.1) is 0 Å². The van der Waals surface area contributed by atoms with E-state index in [1.807, 2.05) is 18.2 Å². The molecule has 1 atom stereocenters. The van der Waals surface area contributed by atoms with Gasteiger partial charge in [0, 0.05) is 23.9 Å². The third-order valence-electron chi connectivity index (χ3n) is 4.27. The van der Waals surface area contributed by atoms with Crippen LogP contribution in [0.1, 0.15) is 40.7 Å². The molecule has 0 saturated heterocycles. The highest BCUT2D eigenvalue weighted by atomic mass is 35.5. The number of hydrogen-bond acceptors (Lipinski definition) is 3. The molecule has 2 aromatic carbocycles. The zero-order valence-corrected chi connectivity index (χ0v) is 15.6. The molecule has 5 nitrogen and oxygen atoms in total. The molecule has 0 fully saturated rings. The molecule has 0 spiro atoms. The Labute approximate surface area is 163 Å². The summed E-state index contributed by atoms with van der Waals surface area (Å²) in [5, 5.41) is 12.7. The fraction of sp³-hybridized carbons (Fsp3) is 0.286. The Morgan fingerprint density at radius 3 is 2.41 bits per heavy atom. The second kappa shape index (κ2) is 10.5. The summed E-state index contributed by atoms with van der Waals surface area (Å²) in [5.41, 5.74) is 1.84. The van der Waals surface area contributed by atoms with E-state index in [4.69, 9.17) is 11.6 Å². The number of aromatic carboxylic acids is 1. The summed E-state index contributed by atoms with van der Waals surface area (Å²) in [7, 11) is 0. The number of benzene rings is 2. The molecule has 0 aliphatic rings. The lowest BCUT2D eigenvalue weighted by molar-refractivity contribution is -0.122. The van der Waals surface area contributed by atoms with Gasteiger partial charge in [-0.25, -0.2) is 4.79 Å². The quantitative estimate of drug-likeness (QED) is 0.609. The molecule has 0 saturated carbocycles. The molecule has 6 heteroatoms. The number of carboxylic acids is 1. The minimum Gasteiger partial charge on any atom is -0.478 e. The van der Waals surface area contributed by atoms with E-state index in [1.54, 1.807) is 30.3 Å². The van der Waals surface area contributed by atoms with E-state index >= 15 is 0 Å². The fourth-order valence-electron chi connectivity index (χ4n) is 2.93. The van der Waals surface area contributed by atoms with Gasteiger partial charge in [0.15, 0.2) is 0 Å². The van der Waals surface area contributed by atoms with Gasteiger partial charge < -0.3 is 15.2 Å². The summed E-state index contributed by atoms with van der Waals surface area (Å²) in [6, 6.07) is 13.8. The van der Waals surface area contributed by atoms with Gasteiger partial charge in [0.25, 0.3) is 0 Å². The van der Waals surface area contributed by atoms with Gasteiger partial charge in [0.05, 0.1) is 5.56 Å². The fourth-order valence-corrected chi connectivity index (χ4v) is 3.14. The molecule has 2 rings (SSSR count). The maximum atomic E-state index is 12.2. The van der Waals surface area contributed by atoms with Crippen molar-refractivity contribution in [1.82, 2.24) is 5.32 Å². The van der Waals surface area contributed by atoms with Crippen molar-refractivity contribution in [2.75, 3.05) is 0 Å². The largest absolute Gasteiger partial charge is 0.478 e. The SMILES string of the molecule is O=CC[C@@H](Cc1ccccc1Cl)NC(=O)CCCc1ccccc1C(=O)O. The summed E-state index contributed by atoms with van der Waals surface area (Å²) >= 11 is 6.15. The van der Waals surface area contributed by atoms with Gasteiger partial charge in [-0.1, -0.05) is 48.0 Å². The third-order valence-corrected chi connectivity index (χ3v) is 4.64. The molecule has 0 aromatic heterocycles. The Morgan fingerprint density at radius 1 is 1.07 bits per heavy atom. The summed E-state index contributed by atoms with van der Waals surface area (Å²) in [6.07, 6.45) is 2.75. The summed E-state index contributed by atoms with van der Waals surface area (Å²) in [4.78, 5) is 34.4. The summed E-state index contributed by atoms with van der Waals surface area (Å²) in [5.74, 6) is -1.14. The Balaban J connectivity index is 1.88. The number of carbonyl (C=O) groups is 3. The van der Waals surface area contributed by atoms with Crippen molar-refractivity contribution in [3.05, 3.63) is 70.2 Å². The molecule has 2 N–H and O–H groups in total. The highest BCUT2D eigenvalue weighted by Gasteiger charge is 2.15. The topological polar surface area (TPSA) is 83.5 Å². The first-order chi connectivity index (χ1) is 13.0. The molecule has 0 bridgehead atoms. The normalized spacial score (nSPS) is 11.6. The van der Waals surface area contributed by atoms with Gasteiger partial charge >= 0.3 is 5.97 Å². The predicted molar refractivity (Wildman–Crippen MR) is 104 cm³/mol. The van der Waals surface area contributed by atoms with Crippen molar-refractivity contribution in [3.63, 3.8) is 0 Å². The zero-order valence-electron chi connectivity index (χ0n) is 14.9. The van der Waals surface area contributed by atoms with Crippen LogP contribution >= 0.6 is 11.6 Å². The minimum absolute atomic E-state index is 0.165. The lowest BCUT2D eigenvalue weighted by atomic mass is 10.0. The summed E-state index contributed by atoms with van der Waals surface area (Å²) < 4.78 is 0. The van der Waals surface area contributed by atoms with Gasteiger partial charge in [0.2, 0.25) is 5.91 Å². The van der Waals surface area contributed by atoms with E-state index in [-0.39, 0.29) is 30.4 Å². The first-order valence-corrected chi connectivity index (χ1v) is 9.16. The van der Waals surface area contributed by atoms with Crippen molar-refractivity contribution in [1.29, 1.82) is 0 Å².